The Morgan fingerprint density at radius 1 is 1.10 bits per heavy atom. The Morgan fingerprint density at radius 3 is 2.14 bits per heavy atom. The molecule has 1 rings (SSSR count). The Hall–Kier alpha value is -1.55. The molecule has 0 spiro atoms. The number of nitrogens with one attached hydrogen (secondary N) is 2. The van der Waals surface area contributed by atoms with Gasteiger partial charge in [-0.2, -0.15) is 0 Å². The van der Waals surface area contributed by atoms with Gasteiger partial charge in [-0.15, -0.1) is 0 Å². The fourth-order valence-corrected chi connectivity index (χ4v) is 2.46. The Labute approximate surface area is 128 Å². The molecule has 2 N–H and O–H groups in total. The van der Waals surface area contributed by atoms with Gasteiger partial charge in [0, 0.05) is 43.0 Å². The minimum atomic E-state index is -0.00879. The van der Waals surface area contributed by atoms with Gasteiger partial charge in [0.05, 0.1) is 0 Å². The molecule has 21 heavy (non-hydrogen) atoms. The largest absolute Gasteiger partial charge is 0.385 e. The highest BCUT2D eigenvalue weighted by Crippen LogP contribution is 2.09. The first-order valence-corrected chi connectivity index (χ1v) is 7.83. The van der Waals surface area contributed by atoms with Gasteiger partial charge in [0.15, 0.2) is 0 Å². The van der Waals surface area contributed by atoms with Crippen LogP contribution < -0.4 is 10.6 Å². The maximum Gasteiger partial charge on any atom is 0.251 e. The van der Waals surface area contributed by atoms with E-state index in [4.69, 9.17) is 0 Å². The van der Waals surface area contributed by atoms with E-state index in [0.717, 1.165) is 18.8 Å². The van der Waals surface area contributed by atoms with Crippen LogP contribution in [0, 0.1) is 0 Å². The standard InChI is InChI=1S/C17H29N3O/c1-6-18-16-9-7-15(8-10-16)17(21)19-11-12-20(13(2)3)14(4)5/h7-10,13-14,18H,6,11-12H2,1-5H3,(H,19,21). The van der Waals surface area contributed by atoms with Crippen molar-refractivity contribution in [3.8, 4) is 0 Å². The van der Waals surface area contributed by atoms with Crippen LogP contribution >= 0.6 is 0 Å². The monoisotopic (exact) mass is 291 g/mol. The SMILES string of the molecule is CCNc1ccc(C(=O)NCCN(C(C)C)C(C)C)cc1. The lowest BCUT2D eigenvalue weighted by Crippen LogP contribution is -2.42. The van der Waals surface area contributed by atoms with Crippen LogP contribution in [-0.2, 0) is 0 Å². The fraction of sp³-hybridized carbons (Fsp3) is 0.588. The topological polar surface area (TPSA) is 44.4 Å². The van der Waals surface area contributed by atoms with Gasteiger partial charge in [0.2, 0.25) is 0 Å². The molecule has 1 amide bonds. The zero-order valence-corrected chi connectivity index (χ0v) is 13.9. The van der Waals surface area contributed by atoms with Crippen molar-refractivity contribution in [3.05, 3.63) is 29.8 Å². The minimum absolute atomic E-state index is 0.00879. The highest BCUT2D eigenvalue weighted by molar-refractivity contribution is 5.94. The van der Waals surface area contributed by atoms with Crippen LogP contribution in [0.2, 0.25) is 0 Å². The molecule has 0 unspecified atom stereocenters. The summed E-state index contributed by atoms with van der Waals surface area (Å²) in [7, 11) is 0. The van der Waals surface area contributed by atoms with Gasteiger partial charge < -0.3 is 10.6 Å². The first-order chi connectivity index (χ1) is 9.95. The molecule has 0 saturated heterocycles. The zero-order valence-electron chi connectivity index (χ0n) is 13.9. The predicted octanol–water partition coefficient (Wildman–Crippen LogP) is 2.97. The van der Waals surface area contributed by atoms with E-state index in [1.165, 1.54) is 0 Å². The van der Waals surface area contributed by atoms with Gasteiger partial charge in [-0.05, 0) is 58.9 Å². The Kier molecular flexibility index (Phi) is 7.23. The van der Waals surface area contributed by atoms with E-state index in [1.807, 2.05) is 24.3 Å². The summed E-state index contributed by atoms with van der Waals surface area (Å²) in [6.45, 7) is 13.2. The number of hydrogen-bond acceptors (Lipinski definition) is 3. The molecule has 0 aliphatic carbocycles. The normalized spacial score (nSPS) is 11.2. The molecule has 1 aromatic rings. The molecular formula is C17H29N3O. The molecule has 118 valence electrons. The lowest BCUT2D eigenvalue weighted by Gasteiger charge is -2.30. The molecule has 0 heterocycles. The average molecular weight is 291 g/mol. The van der Waals surface area contributed by atoms with Gasteiger partial charge in [-0.3, -0.25) is 9.69 Å². The molecule has 4 nitrogen and oxygen atoms in total. The fourth-order valence-electron chi connectivity index (χ4n) is 2.46. The number of amides is 1. The average Bonchev–Trinajstić information content (AvgIpc) is 2.43. The van der Waals surface area contributed by atoms with Crippen molar-refractivity contribution in [2.24, 2.45) is 0 Å². The molecule has 0 saturated carbocycles. The van der Waals surface area contributed by atoms with Crippen LogP contribution in [0.15, 0.2) is 24.3 Å². The summed E-state index contributed by atoms with van der Waals surface area (Å²) in [6, 6.07) is 8.56. The second kappa shape index (κ2) is 8.67. The molecular weight excluding hydrogens is 262 g/mol. The van der Waals surface area contributed by atoms with E-state index < -0.39 is 0 Å². The first kappa shape index (κ1) is 17.5. The molecule has 4 heteroatoms. The number of anilines is 1. The molecule has 1 aromatic carbocycles. The van der Waals surface area contributed by atoms with Crippen molar-refractivity contribution >= 4 is 11.6 Å². The summed E-state index contributed by atoms with van der Waals surface area (Å²) in [4.78, 5) is 14.5. The van der Waals surface area contributed by atoms with Crippen LogP contribution in [0.3, 0.4) is 0 Å². The van der Waals surface area contributed by atoms with Crippen LogP contribution in [-0.4, -0.2) is 42.5 Å². The van der Waals surface area contributed by atoms with Crippen molar-refractivity contribution in [2.75, 3.05) is 25.0 Å². The van der Waals surface area contributed by atoms with E-state index in [2.05, 4.69) is 50.2 Å². The number of nitrogens with zero attached hydrogens (tertiary/aromatic N) is 1. The number of benzene rings is 1. The number of carbonyl (C=O) groups excluding carboxylic acids is 1. The van der Waals surface area contributed by atoms with Crippen molar-refractivity contribution < 1.29 is 4.79 Å². The van der Waals surface area contributed by atoms with Gasteiger partial charge in [-0.1, -0.05) is 0 Å². The van der Waals surface area contributed by atoms with Crippen LogP contribution in [0.25, 0.3) is 0 Å². The molecule has 0 fully saturated rings. The molecule has 0 aliphatic heterocycles. The van der Waals surface area contributed by atoms with E-state index >= 15 is 0 Å². The summed E-state index contributed by atoms with van der Waals surface area (Å²) in [6.07, 6.45) is 0. The van der Waals surface area contributed by atoms with Gasteiger partial charge >= 0.3 is 0 Å². The predicted molar refractivity (Wildman–Crippen MR) is 89.9 cm³/mol. The molecule has 0 aliphatic rings. The van der Waals surface area contributed by atoms with Gasteiger partial charge in [0.1, 0.15) is 0 Å². The van der Waals surface area contributed by atoms with Crippen molar-refractivity contribution in [3.63, 3.8) is 0 Å². The van der Waals surface area contributed by atoms with Crippen LogP contribution in [0.4, 0.5) is 5.69 Å². The highest BCUT2D eigenvalue weighted by Gasteiger charge is 2.13. The Morgan fingerprint density at radius 2 is 1.67 bits per heavy atom. The summed E-state index contributed by atoms with van der Waals surface area (Å²) >= 11 is 0. The summed E-state index contributed by atoms with van der Waals surface area (Å²) in [5.74, 6) is -0.00879. The lowest BCUT2D eigenvalue weighted by molar-refractivity contribution is 0.0939. The second-order valence-corrected chi connectivity index (χ2v) is 5.79. The smallest absolute Gasteiger partial charge is 0.251 e. The quantitative estimate of drug-likeness (QED) is 0.774. The maximum atomic E-state index is 12.1. The molecule has 0 aromatic heterocycles. The van der Waals surface area contributed by atoms with E-state index in [9.17, 15) is 4.79 Å². The van der Waals surface area contributed by atoms with Crippen molar-refractivity contribution in [1.82, 2.24) is 10.2 Å². The first-order valence-electron chi connectivity index (χ1n) is 7.83. The van der Waals surface area contributed by atoms with E-state index in [0.29, 0.717) is 24.2 Å². The van der Waals surface area contributed by atoms with Crippen molar-refractivity contribution in [1.29, 1.82) is 0 Å². The zero-order chi connectivity index (χ0) is 15.8. The Balaban J connectivity index is 2.46. The minimum Gasteiger partial charge on any atom is -0.385 e. The summed E-state index contributed by atoms with van der Waals surface area (Å²) in [5.41, 5.74) is 1.75. The van der Waals surface area contributed by atoms with E-state index in [1.54, 1.807) is 0 Å². The summed E-state index contributed by atoms with van der Waals surface area (Å²) < 4.78 is 0. The van der Waals surface area contributed by atoms with Crippen LogP contribution in [0.5, 0.6) is 0 Å². The van der Waals surface area contributed by atoms with Crippen molar-refractivity contribution in [2.45, 2.75) is 46.7 Å². The third kappa shape index (κ3) is 5.76. The Bertz CT molecular complexity index is 418. The molecule has 0 atom stereocenters. The van der Waals surface area contributed by atoms with Gasteiger partial charge in [-0.25, -0.2) is 0 Å². The third-order valence-corrected chi connectivity index (χ3v) is 3.51. The summed E-state index contributed by atoms with van der Waals surface area (Å²) in [5, 5.41) is 6.21. The third-order valence-electron chi connectivity index (χ3n) is 3.51. The molecule has 0 bridgehead atoms. The maximum absolute atomic E-state index is 12.1. The van der Waals surface area contributed by atoms with Gasteiger partial charge in [0.25, 0.3) is 5.91 Å². The highest BCUT2D eigenvalue weighted by atomic mass is 16.1. The van der Waals surface area contributed by atoms with Crippen LogP contribution in [0.1, 0.15) is 45.0 Å². The molecule has 0 radical (unpaired) electrons. The van der Waals surface area contributed by atoms with E-state index in [-0.39, 0.29) is 5.91 Å². The number of hydrogen-bond donors (Lipinski definition) is 2. The second-order valence-electron chi connectivity index (χ2n) is 5.79. The number of carbonyl (C=O) groups is 1. The lowest BCUT2D eigenvalue weighted by atomic mass is 10.2. The number of rotatable bonds is 8.